The molecule has 0 saturated carbocycles. The van der Waals surface area contributed by atoms with Gasteiger partial charge in [-0.05, 0) is 12.3 Å². The summed E-state index contributed by atoms with van der Waals surface area (Å²) in [5, 5.41) is 0. The summed E-state index contributed by atoms with van der Waals surface area (Å²) in [4.78, 5) is 10.6. The first-order valence-electron chi connectivity index (χ1n) is 4.41. The topological polar surface area (TPSA) is 52.3 Å². The average Bonchev–Trinajstić information content (AvgIpc) is 2.02. The zero-order chi connectivity index (χ0) is 9.56. The minimum atomic E-state index is -0.287. The molecule has 3 nitrogen and oxygen atoms in total. The third-order valence-corrected chi connectivity index (χ3v) is 2.12. The molecule has 0 aliphatic carbocycles. The summed E-state index contributed by atoms with van der Waals surface area (Å²) < 4.78 is 5.13. The quantitative estimate of drug-likeness (QED) is 0.658. The fourth-order valence-corrected chi connectivity index (χ4v) is 1.10. The number of carbonyl (C=O) groups is 1. The highest BCUT2D eigenvalue weighted by molar-refractivity contribution is 5.74. The lowest BCUT2D eigenvalue weighted by Crippen LogP contribution is -2.23. The Kier molecular flexibility index (Phi) is 5.72. The highest BCUT2D eigenvalue weighted by atomic mass is 16.5. The van der Waals surface area contributed by atoms with E-state index >= 15 is 0 Å². The molecule has 0 fully saturated rings. The van der Waals surface area contributed by atoms with Crippen molar-refractivity contribution in [1.29, 1.82) is 0 Å². The van der Waals surface area contributed by atoms with Crippen molar-refractivity contribution in [3.05, 3.63) is 0 Å². The molecule has 1 amide bonds. The first kappa shape index (κ1) is 11.4. The zero-order valence-electron chi connectivity index (χ0n) is 8.17. The van der Waals surface area contributed by atoms with Gasteiger partial charge in [-0.3, -0.25) is 4.79 Å². The fourth-order valence-electron chi connectivity index (χ4n) is 1.10. The number of hydrogen-bond acceptors (Lipinski definition) is 2. The Hall–Kier alpha value is -0.570. The molecule has 0 radical (unpaired) electrons. The smallest absolute Gasteiger partial charge is 0.220 e. The van der Waals surface area contributed by atoms with Crippen molar-refractivity contribution in [2.45, 2.75) is 39.2 Å². The SMILES string of the molecule is CC[C@@H](C)C[C@H](CC(N)=O)OC. The summed E-state index contributed by atoms with van der Waals surface area (Å²) in [6.07, 6.45) is 2.35. The Morgan fingerprint density at radius 2 is 2.17 bits per heavy atom. The van der Waals surface area contributed by atoms with Gasteiger partial charge in [-0.15, -0.1) is 0 Å². The van der Waals surface area contributed by atoms with E-state index in [1.807, 2.05) is 0 Å². The van der Waals surface area contributed by atoms with Gasteiger partial charge in [0.2, 0.25) is 5.91 Å². The van der Waals surface area contributed by atoms with Gasteiger partial charge in [0.15, 0.2) is 0 Å². The van der Waals surface area contributed by atoms with Crippen LogP contribution in [0.5, 0.6) is 0 Å². The van der Waals surface area contributed by atoms with E-state index in [1.165, 1.54) is 0 Å². The number of amides is 1. The van der Waals surface area contributed by atoms with Crippen LogP contribution in [0.3, 0.4) is 0 Å². The molecule has 0 unspecified atom stereocenters. The average molecular weight is 173 g/mol. The lowest BCUT2D eigenvalue weighted by molar-refractivity contribution is -0.120. The lowest BCUT2D eigenvalue weighted by atomic mass is 9.99. The van der Waals surface area contributed by atoms with Crippen molar-refractivity contribution in [3.63, 3.8) is 0 Å². The predicted molar refractivity (Wildman–Crippen MR) is 48.7 cm³/mol. The van der Waals surface area contributed by atoms with Crippen LogP contribution in [0.25, 0.3) is 0 Å². The van der Waals surface area contributed by atoms with Gasteiger partial charge in [-0.1, -0.05) is 20.3 Å². The third kappa shape index (κ3) is 5.13. The number of hydrogen-bond donors (Lipinski definition) is 1. The van der Waals surface area contributed by atoms with Gasteiger partial charge in [0, 0.05) is 7.11 Å². The van der Waals surface area contributed by atoms with E-state index in [2.05, 4.69) is 13.8 Å². The van der Waals surface area contributed by atoms with Crippen molar-refractivity contribution < 1.29 is 9.53 Å². The van der Waals surface area contributed by atoms with E-state index in [1.54, 1.807) is 7.11 Å². The Morgan fingerprint density at radius 3 is 2.50 bits per heavy atom. The molecule has 0 spiro atoms. The maximum Gasteiger partial charge on any atom is 0.220 e. The van der Waals surface area contributed by atoms with Crippen molar-refractivity contribution >= 4 is 5.91 Å². The van der Waals surface area contributed by atoms with E-state index in [0.717, 1.165) is 12.8 Å². The summed E-state index contributed by atoms with van der Waals surface area (Å²) in [5.74, 6) is 0.305. The van der Waals surface area contributed by atoms with Gasteiger partial charge in [0.25, 0.3) is 0 Å². The van der Waals surface area contributed by atoms with Gasteiger partial charge in [-0.2, -0.15) is 0 Å². The molecule has 72 valence electrons. The molecule has 0 rings (SSSR count). The van der Waals surface area contributed by atoms with Crippen molar-refractivity contribution in [3.8, 4) is 0 Å². The third-order valence-electron chi connectivity index (χ3n) is 2.12. The largest absolute Gasteiger partial charge is 0.381 e. The Labute approximate surface area is 74.3 Å². The van der Waals surface area contributed by atoms with Gasteiger partial charge in [-0.25, -0.2) is 0 Å². The van der Waals surface area contributed by atoms with Crippen molar-refractivity contribution in [2.24, 2.45) is 11.7 Å². The minimum Gasteiger partial charge on any atom is -0.381 e. The van der Waals surface area contributed by atoms with Gasteiger partial charge in [0.05, 0.1) is 12.5 Å². The molecule has 0 aromatic carbocycles. The summed E-state index contributed by atoms with van der Waals surface area (Å²) in [5.41, 5.74) is 5.07. The van der Waals surface area contributed by atoms with Crippen LogP contribution >= 0.6 is 0 Å². The monoisotopic (exact) mass is 173 g/mol. The molecule has 0 bridgehead atoms. The number of nitrogens with two attached hydrogens (primary N) is 1. The predicted octanol–water partition coefficient (Wildman–Crippen LogP) is 1.31. The van der Waals surface area contributed by atoms with Crippen LogP contribution < -0.4 is 5.73 Å². The van der Waals surface area contributed by atoms with E-state index in [-0.39, 0.29) is 12.0 Å². The normalized spacial score (nSPS) is 15.6. The van der Waals surface area contributed by atoms with Crippen LogP contribution in [0.4, 0.5) is 0 Å². The fraction of sp³-hybridized carbons (Fsp3) is 0.889. The van der Waals surface area contributed by atoms with E-state index in [0.29, 0.717) is 12.3 Å². The van der Waals surface area contributed by atoms with E-state index < -0.39 is 0 Å². The molecule has 3 heteroatoms. The maximum atomic E-state index is 10.6. The molecular weight excluding hydrogens is 154 g/mol. The zero-order valence-corrected chi connectivity index (χ0v) is 8.17. The van der Waals surface area contributed by atoms with E-state index in [4.69, 9.17) is 10.5 Å². The molecule has 2 atom stereocenters. The summed E-state index contributed by atoms with van der Waals surface area (Å²) in [6, 6.07) is 0. The number of carbonyl (C=O) groups excluding carboxylic acids is 1. The highest BCUT2D eigenvalue weighted by Gasteiger charge is 2.13. The Morgan fingerprint density at radius 1 is 1.58 bits per heavy atom. The number of rotatable bonds is 6. The highest BCUT2D eigenvalue weighted by Crippen LogP contribution is 2.13. The summed E-state index contributed by atoms with van der Waals surface area (Å²) in [6.45, 7) is 4.27. The molecule has 0 heterocycles. The maximum absolute atomic E-state index is 10.6. The molecule has 0 aromatic heterocycles. The number of ether oxygens (including phenoxy) is 1. The van der Waals surface area contributed by atoms with Crippen LogP contribution in [0.15, 0.2) is 0 Å². The summed E-state index contributed by atoms with van der Waals surface area (Å²) >= 11 is 0. The van der Waals surface area contributed by atoms with Gasteiger partial charge < -0.3 is 10.5 Å². The summed E-state index contributed by atoms with van der Waals surface area (Å²) in [7, 11) is 1.62. The second kappa shape index (κ2) is 6.00. The number of methoxy groups -OCH3 is 1. The van der Waals surface area contributed by atoms with Crippen LogP contribution in [0.1, 0.15) is 33.1 Å². The first-order chi connectivity index (χ1) is 5.60. The van der Waals surface area contributed by atoms with Crippen LogP contribution in [-0.4, -0.2) is 19.1 Å². The first-order valence-corrected chi connectivity index (χ1v) is 4.41. The standard InChI is InChI=1S/C9H19NO2/c1-4-7(2)5-8(12-3)6-9(10)11/h7-8H,4-6H2,1-3H3,(H2,10,11)/t7-,8-/m1/s1. The van der Waals surface area contributed by atoms with Crippen molar-refractivity contribution in [2.75, 3.05) is 7.11 Å². The molecule has 0 aliphatic heterocycles. The Bertz CT molecular complexity index is 136. The van der Waals surface area contributed by atoms with Gasteiger partial charge in [0.1, 0.15) is 0 Å². The van der Waals surface area contributed by atoms with Gasteiger partial charge >= 0.3 is 0 Å². The molecule has 0 aromatic rings. The second-order valence-electron chi connectivity index (χ2n) is 3.28. The van der Waals surface area contributed by atoms with Crippen molar-refractivity contribution in [1.82, 2.24) is 0 Å². The minimum absolute atomic E-state index is 0.00236. The van der Waals surface area contributed by atoms with Crippen LogP contribution in [0.2, 0.25) is 0 Å². The Balaban J connectivity index is 3.74. The molecule has 0 saturated heterocycles. The molecule has 2 N–H and O–H groups in total. The van der Waals surface area contributed by atoms with Crippen LogP contribution in [-0.2, 0) is 9.53 Å². The molecule has 12 heavy (non-hydrogen) atoms. The van der Waals surface area contributed by atoms with Crippen LogP contribution in [0, 0.1) is 5.92 Å². The number of primary amides is 1. The van der Waals surface area contributed by atoms with E-state index in [9.17, 15) is 4.79 Å². The second-order valence-corrected chi connectivity index (χ2v) is 3.28. The lowest BCUT2D eigenvalue weighted by Gasteiger charge is -2.16. The molecule has 0 aliphatic rings. The molecular formula is C9H19NO2.